The molecule has 0 spiro atoms. The quantitative estimate of drug-likeness (QED) is 0.677. The molecule has 0 radical (unpaired) electrons. The van der Waals surface area contributed by atoms with Crippen molar-refractivity contribution >= 4 is 28.9 Å². The topological polar surface area (TPSA) is 41.1 Å². The molecule has 0 atom stereocenters. The SMILES string of the molecule is O=C(CNc1ccccc1C(F)(F)F)Nc1cc(C(F)(F)F)ccc1Cl. The van der Waals surface area contributed by atoms with Gasteiger partial charge in [-0.1, -0.05) is 23.7 Å². The van der Waals surface area contributed by atoms with Crippen molar-refractivity contribution in [3.05, 3.63) is 58.6 Å². The molecule has 0 saturated heterocycles. The normalized spacial score (nSPS) is 12.0. The second-order valence-electron chi connectivity index (χ2n) is 5.14. The third kappa shape index (κ3) is 5.04. The molecule has 2 aromatic rings. The maximum atomic E-state index is 12.9. The molecular formula is C16H11ClF6N2O. The van der Waals surface area contributed by atoms with Crippen molar-refractivity contribution < 1.29 is 31.1 Å². The first kappa shape index (κ1) is 19.9. The van der Waals surface area contributed by atoms with Crippen LogP contribution in [0.1, 0.15) is 11.1 Å². The van der Waals surface area contributed by atoms with Crippen molar-refractivity contribution in [2.75, 3.05) is 17.2 Å². The standard InChI is InChI=1S/C16H11ClF6N2O/c17-11-6-5-9(15(18,19)20)7-13(11)25-14(26)8-24-12-4-2-1-3-10(12)16(21,22)23/h1-7,24H,8H2,(H,25,26). The number of hydrogen-bond donors (Lipinski definition) is 2. The Balaban J connectivity index is 2.09. The van der Waals surface area contributed by atoms with Crippen molar-refractivity contribution in [1.29, 1.82) is 0 Å². The highest BCUT2D eigenvalue weighted by Gasteiger charge is 2.33. The first-order valence-corrected chi connectivity index (χ1v) is 7.43. The fraction of sp³-hybridized carbons (Fsp3) is 0.188. The van der Waals surface area contributed by atoms with Gasteiger partial charge in [-0.2, -0.15) is 26.3 Å². The van der Waals surface area contributed by atoms with Gasteiger partial charge in [0.2, 0.25) is 5.91 Å². The largest absolute Gasteiger partial charge is 0.418 e. The minimum atomic E-state index is -4.63. The van der Waals surface area contributed by atoms with Gasteiger partial charge in [0.05, 0.1) is 28.4 Å². The van der Waals surface area contributed by atoms with Gasteiger partial charge >= 0.3 is 12.4 Å². The lowest BCUT2D eigenvalue weighted by Crippen LogP contribution is -2.23. The van der Waals surface area contributed by atoms with Crippen molar-refractivity contribution in [1.82, 2.24) is 0 Å². The number of para-hydroxylation sites is 1. The Morgan fingerprint density at radius 2 is 1.58 bits per heavy atom. The van der Waals surface area contributed by atoms with Gasteiger partial charge in [-0.25, -0.2) is 0 Å². The summed E-state index contributed by atoms with van der Waals surface area (Å²) in [6.07, 6.45) is -9.25. The molecule has 2 rings (SSSR count). The Hall–Kier alpha value is -2.42. The van der Waals surface area contributed by atoms with Crippen LogP contribution in [0.15, 0.2) is 42.5 Å². The summed E-state index contributed by atoms with van der Waals surface area (Å²) < 4.78 is 76.7. The first-order valence-electron chi connectivity index (χ1n) is 7.05. The molecule has 0 aliphatic rings. The molecule has 0 unspecified atom stereocenters. The van der Waals surface area contributed by atoms with Gasteiger partial charge < -0.3 is 10.6 Å². The average Bonchev–Trinajstić information content (AvgIpc) is 2.53. The van der Waals surface area contributed by atoms with Crippen LogP contribution in [0.25, 0.3) is 0 Å². The van der Waals surface area contributed by atoms with Crippen LogP contribution in [-0.2, 0) is 17.1 Å². The summed E-state index contributed by atoms with van der Waals surface area (Å²) in [6, 6.07) is 6.86. The third-order valence-electron chi connectivity index (χ3n) is 3.24. The Bertz CT molecular complexity index is 804. The molecule has 0 aromatic heterocycles. The van der Waals surface area contributed by atoms with Crippen LogP contribution in [0.3, 0.4) is 0 Å². The molecule has 0 heterocycles. The summed E-state index contributed by atoms with van der Waals surface area (Å²) in [6.45, 7) is -0.598. The van der Waals surface area contributed by atoms with Gasteiger partial charge in [-0.05, 0) is 30.3 Å². The van der Waals surface area contributed by atoms with E-state index in [0.29, 0.717) is 6.07 Å². The lowest BCUT2D eigenvalue weighted by Gasteiger charge is -2.15. The molecule has 10 heteroatoms. The molecule has 140 valence electrons. The van der Waals surface area contributed by atoms with Crippen molar-refractivity contribution in [2.45, 2.75) is 12.4 Å². The van der Waals surface area contributed by atoms with Crippen LogP contribution in [-0.4, -0.2) is 12.5 Å². The maximum absolute atomic E-state index is 12.9. The van der Waals surface area contributed by atoms with Crippen molar-refractivity contribution in [2.24, 2.45) is 0 Å². The maximum Gasteiger partial charge on any atom is 0.418 e. The van der Waals surface area contributed by atoms with Crippen LogP contribution in [0.4, 0.5) is 37.7 Å². The predicted octanol–water partition coefficient (Wildman–Crippen LogP) is 5.43. The highest BCUT2D eigenvalue weighted by molar-refractivity contribution is 6.33. The number of hydrogen-bond acceptors (Lipinski definition) is 2. The van der Waals surface area contributed by atoms with E-state index in [-0.39, 0.29) is 16.4 Å². The Kier molecular flexibility index (Phi) is 5.70. The van der Waals surface area contributed by atoms with E-state index in [4.69, 9.17) is 11.6 Å². The van der Waals surface area contributed by atoms with Gasteiger partial charge in [0.25, 0.3) is 0 Å². The zero-order valence-corrected chi connectivity index (χ0v) is 13.6. The molecule has 0 bridgehead atoms. The molecule has 0 fully saturated rings. The number of amides is 1. The Labute approximate surface area is 149 Å². The van der Waals surface area contributed by atoms with E-state index in [1.54, 1.807) is 0 Å². The van der Waals surface area contributed by atoms with Crippen molar-refractivity contribution in [3.63, 3.8) is 0 Å². The monoisotopic (exact) mass is 396 g/mol. The minimum absolute atomic E-state index is 0.137. The minimum Gasteiger partial charge on any atom is -0.376 e. The third-order valence-corrected chi connectivity index (χ3v) is 3.57. The highest BCUT2D eigenvalue weighted by atomic mass is 35.5. The second-order valence-corrected chi connectivity index (χ2v) is 5.54. The Morgan fingerprint density at radius 3 is 2.19 bits per heavy atom. The number of anilines is 2. The van der Waals surface area contributed by atoms with Gasteiger partial charge in [0, 0.05) is 5.69 Å². The van der Waals surface area contributed by atoms with Crippen molar-refractivity contribution in [3.8, 4) is 0 Å². The van der Waals surface area contributed by atoms with E-state index < -0.39 is 35.9 Å². The van der Waals surface area contributed by atoms with E-state index >= 15 is 0 Å². The van der Waals surface area contributed by atoms with E-state index in [2.05, 4.69) is 10.6 Å². The lowest BCUT2D eigenvalue weighted by atomic mass is 10.1. The van der Waals surface area contributed by atoms with Gasteiger partial charge in [0.1, 0.15) is 0 Å². The van der Waals surface area contributed by atoms with E-state index in [9.17, 15) is 31.1 Å². The number of rotatable bonds is 4. The van der Waals surface area contributed by atoms with Crippen LogP contribution >= 0.6 is 11.6 Å². The second kappa shape index (κ2) is 7.45. The van der Waals surface area contributed by atoms with Crippen LogP contribution < -0.4 is 10.6 Å². The van der Waals surface area contributed by atoms with Crippen LogP contribution in [0, 0.1) is 0 Å². The number of benzene rings is 2. The average molecular weight is 397 g/mol. The zero-order valence-electron chi connectivity index (χ0n) is 12.8. The Morgan fingerprint density at radius 1 is 0.923 bits per heavy atom. The number of nitrogens with one attached hydrogen (secondary N) is 2. The summed E-state index contributed by atoms with van der Waals surface area (Å²) in [5.74, 6) is -0.858. The van der Waals surface area contributed by atoms with Crippen LogP contribution in [0.5, 0.6) is 0 Å². The molecule has 3 nitrogen and oxygen atoms in total. The van der Waals surface area contributed by atoms with Crippen LogP contribution in [0.2, 0.25) is 5.02 Å². The fourth-order valence-electron chi connectivity index (χ4n) is 2.05. The van der Waals surface area contributed by atoms with Gasteiger partial charge in [-0.15, -0.1) is 0 Å². The fourth-order valence-corrected chi connectivity index (χ4v) is 2.22. The lowest BCUT2D eigenvalue weighted by molar-refractivity contribution is -0.138. The summed E-state index contributed by atoms with van der Waals surface area (Å²) in [4.78, 5) is 11.9. The molecule has 0 aliphatic carbocycles. The summed E-state index contributed by atoms with van der Waals surface area (Å²) in [5, 5.41) is 4.31. The first-order chi connectivity index (χ1) is 12.0. The molecule has 2 aromatic carbocycles. The summed E-state index contributed by atoms with van der Waals surface area (Å²) in [7, 11) is 0. The predicted molar refractivity (Wildman–Crippen MR) is 85.0 cm³/mol. The van der Waals surface area contributed by atoms with Gasteiger partial charge in [0.15, 0.2) is 0 Å². The molecule has 0 saturated carbocycles. The molecule has 0 aliphatic heterocycles. The number of alkyl halides is 6. The smallest absolute Gasteiger partial charge is 0.376 e. The van der Waals surface area contributed by atoms with Gasteiger partial charge in [-0.3, -0.25) is 4.79 Å². The molecule has 26 heavy (non-hydrogen) atoms. The molecule has 2 N–H and O–H groups in total. The molecular weight excluding hydrogens is 386 g/mol. The highest BCUT2D eigenvalue weighted by Crippen LogP contribution is 2.35. The van der Waals surface area contributed by atoms with E-state index in [1.165, 1.54) is 12.1 Å². The number of carbonyl (C=O) groups excluding carboxylic acids is 1. The number of carbonyl (C=O) groups is 1. The molecule has 1 amide bonds. The zero-order chi connectivity index (χ0) is 19.5. The van der Waals surface area contributed by atoms with E-state index in [0.717, 1.165) is 24.3 Å². The van der Waals surface area contributed by atoms with E-state index in [1.807, 2.05) is 0 Å². The number of halogens is 7. The summed E-state index contributed by atoms with van der Waals surface area (Å²) >= 11 is 5.74. The summed E-state index contributed by atoms with van der Waals surface area (Å²) in [5.41, 5.74) is -2.61.